The topological polar surface area (TPSA) is 580 Å². The van der Waals surface area contributed by atoms with Crippen LogP contribution in [0.4, 0.5) is 0 Å². The van der Waals surface area contributed by atoms with E-state index in [1.165, 1.54) is 32.9 Å². The van der Waals surface area contributed by atoms with Gasteiger partial charge in [0.2, 0.25) is 0 Å². The molecule has 0 saturated carbocycles. The number of aliphatic hydroxyl groups is 21. The fourth-order valence-corrected chi connectivity index (χ4v) is 14.6. The number of rotatable bonds is 42. The zero-order chi connectivity index (χ0) is 88.2. The first-order valence-electron chi connectivity index (χ1n) is 40.8. The van der Waals surface area contributed by atoms with E-state index in [1.54, 1.807) is 26.8 Å². The lowest BCUT2D eigenvalue weighted by molar-refractivity contribution is -0.375. The van der Waals surface area contributed by atoms with E-state index >= 15 is 0 Å². The normalized spacial score (nSPS) is 41.1. The van der Waals surface area contributed by atoms with Gasteiger partial charge in [0.15, 0.2) is 50.1 Å². The Morgan fingerprint density at radius 2 is 0.647 bits per heavy atom. The Morgan fingerprint density at radius 1 is 0.336 bits per heavy atom. The van der Waals surface area contributed by atoms with Gasteiger partial charge in [-0.1, -0.05) is 76.5 Å². The maximum Gasteiger partial charge on any atom is 0.333 e. The molecule has 7 fully saturated rings. The molecule has 7 rings (SSSR count). The molecule has 0 aromatic heterocycles. The van der Waals surface area contributed by atoms with Crippen molar-refractivity contribution in [1.82, 2.24) is 0 Å². The molecule has 0 aromatic carbocycles. The number of hydrogen-bond donors (Lipinski definition) is 21. The summed E-state index contributed by atoms with van der Waals surface area (Å²) in [5.41, 5.74) is 2.75. The summed E-state index contributed by atoms with van der Waals surface area (Å²) in [6, 6.07) is 0. The molecular formula is C82H134O37. The van der Waals surface area contributed by atoms with E-state index in [0.29, 0.717) is 77.0 Å². The lowest BCUT2D eigenvalue weighted by atomic mass is 9.95. The third-order valence-electron chi connectivity index (χ3n) is 22.9. The van der Waals surface area contributed by atoms with Crippen LogP contribution in [0.15, 0.2) is 95.2 Å². The van der Waals surface area contributed by atoms with Crippen LogP contribution in [0.2, 0.25) is 0 Å². The molecule has 7 saturated heterocycles. The third-order valence-corrected chi connectivity index (χ3v) is 22.9. The van der Waals surface area contributed by atoms with Crippen molar-refractivity contribution in [3.05, 3.63) is 95.2 Å². The van der Waals surface area contributed by atoms with Crippen LogP contribution in [0.1, 0.15) is 146 Å². The second-order valence-electron chi connectivity index (χ2n) is 32.7. The van der Waals surface area contributed by atoms with E-state index < -0.39 is 265 Å². The molecule has 0 aliphatic carbocycles. The number of carbonyl (C=O) groups excluding carboxylic acids is 1. The van der Waals surface area contributed by atoms with E-state index in [2.05, 4.69) is 25.3 Å². The van der Waals surface area contributed by atoms with E-state index in [1.807, 2.05) is 45.9 Å². The van der Waals surface area contributed by atoms with Crippen molar-refractivity contribution in [2.45, 2.75) is 372 Å². The molecule has 0 amide bonds. The van der Waals surface area contributed by atoms with Crippen molar-refractivity contribution in [2.75, 3.05) is 39.6 Å². The number of ether oxygens (including phenoxy) is 15. The van der Waals surface area contributed by atoms with Crippen LogP contribution in [-0.2, 0) is 75.8 Å². The highest BCUT2D eigenvalue weighted by atomic mass is 16.8. The van der Waals surface area contributed by atoms with Gasteiger partial charge in [0.25, 0.3) is 0 Å². The molecule has 7 aliphatic rings. The molecule has 21 N–H and O–H groups in total. The molecule has 0 bridgehead atoms. The predicted octanol–water partition coefficient (Wildman–Crippen LogP) is -2.41. The van der Waals surface area contributed by atoms with Crippen molar-refractivity contribution in [1.29, 1.82) is 0 Å². The molecular weight excluding hydrogens is 1580 g/mol. The smallest absolute Gasteiger partial charge is 0.333 e. The van der Waals surface area contributed by atoms with Crippen LogP contribution in [0.5, 0.6) is 0 Å². The summed E-state index contributed by atoms with van der Waals surface area (Å²) >= 11 is 0. The molecule has 0 radical (unpaired) electrons. The fourth-order valence-electron chi connectivity index (χ4n) is 14.6. The molecule has 684 valence electrons. The minimum absolute atomic E-state index is 0.0943. The summed E-state index contributed by atoms with van der Waals surface area (Å²) in [7, 11) is 0. The van der Waals surface area contributed by atoms with Gasteiger partial charge in [0.05, 0.1) is 63.1 Å². The Bertz CT molecular complexity index is 3300. The lowest BCUT2D eigenvalue weighted by Gasteiger charge is -2.47. The van der Waals surface area contributed by atoms with Crippen LogP contribution in [0.25, 0.3) is 0 Å². The zero-order valence-corrected chi connectivity index (χ0v) is 69.4. The number of aliphatic hydroxyl groups excluding tert-OH is 21. The van der Waals surface area contributed by atoms with Crippen LogP contribution >= 0.6 is 0 Å². The fraction of sp³-hybridized carbons (Fsp3) is 0.793. The Labute approximate surface area is 693 Å². The van der Waals surface area contributed by atoms with E-state index in [0.717, 1.165) is 27.9 Å². The molecule has 0 aromatic rings. The summed E-state index contributed by atoms with van der Waals surface area (Å²) < 4.78 is 88.9. The van der Waals surface area contributed by atoms with Gasteiger partial charge in [-0.25, -0.2) is 4.79 Å². The summed E-state index contributed by atoms with van der Waals surface area (Å²) in [5.74, 6) is -0.910. The average Bonchev–Trinajstić information content (AvgIpc) is 0.783. The molecule has 119 heavy (non-hydrogen) atoms. The first-order chi connectivity index (χ1) is 56.2. The Balaban J connectivity index is 0.899. The maximum atomic E-state index is 13.9. The van der Waals surface area contributed by atoms with Gasteiger partial charge in [0.1, 0.15) is 153 Å². The second-order valence-corrected chi connectivity index (χ2v) is 32.7. The van der Waals surface area contributed by atoms with Gasteiger partial charge in [-0.05, 0) is 146 Å². The number of hydrogen-bond acceptors (Lipinski definition) is 37. The highest BCUT2D eigenvalue weighted by Gasteiger charge is 2.57. The van der Waals surface area contributed by atoms with Crippen LogP contribution in [0, 0.1) is 0 Å². The second kappa shape index (κ2) is 47.5. The number of esters is 1. The standard InChI is InChI=1S/C82H134O37/c1-13-81(11,118-79-71(62(97)56(91)49(35-85)111-79)116-76-66(101)59(94)54(89)47(33-83)109-76)31-19-28-41(5)23-15-21-39(3)25-17-27-43(7)37-105-75-68(103)64(99)69(51(113-75)38-106-74-65(100)58(93)52(87)45(9)107-74)115-78-70(61(96)53(88)46(10)108-78)114-73(104)44(8)30-18-26-40(4)22-16-24-42(6)29-20-32-82(12,14-2)119-80-72(63(98)57(92)50(36-86)112-80)117-77-67(102)60(95)55(90)48(34-84)110-77/h13-14,21-22,27-30,45-72,74-80,83-103H,1-2,15-20,23-26,31-38H2,3-12H3/b39-21-,40-22-,41-28-,42-29-,43-27+,44-30-/t45-,46-,47+,48+,49+,50+,51+,52-,53-,54+,55+,56+,57+,58+,59-,60-,61+,62-,63-,64+,65+,66+,67+,68+,69+,70+,71+,72+,74+,75+,76+,77-,78-,79-,80-,81+,82+/m0/s1. The summed E-state index contributed by atoms with van der Waals surface area (Å²) in [6.45, 7) is 21.7. The van der Waals surface area contributed by atoms with Gasteiger partial charge in [-0.3, -0.25) is 0 Å². The highest BCUT2D eigenvalue weighted by molar-refractivity contribution is 5.87. The zero-order valence-electron chi connectivity index (χ0n) is 69.4. The van der Waals surface area contributed by atoms with Crippen LogP contribution < -0.4 is 0 Å². The summed E-state index contributed by atoms with van der Waals surface area (Å²) in [5, 5.41) is 224. The predicted molar refractivity (Wildman–Crippen MR) is 416 cm³/mol. The monoisotopic (exact) mass is 1710 g/mol. The van der Waals surface area contributed by atoms with Gasteiger partial charge in [0, 0.05) is 5.57 Å². The van der Waals surface area contributed by atoms with Crippen LogP contribution in [-0.4, -0.2) is 379 Å². The van der Waals surface area contributed by atoms with Crippen LogP contribution in [0.3, 0.4) is 0 Å². The Hall–Kier alpha value is -4.01. The SMILES string of the molecule is C=C[C@](C)(CC/C=C(/C)CC/C=C(/C)CC/C=C(/C)C(=O)O[C@H]1[C@H](O[C@H]2[C@H](O)[C@@H](O)[C@H](OC/C(C)=C/CC/C(C)=C\CC/C(C)=C\CC[C@@](C)(C=C)O[C@@H]3O[C@H](CO)[C@@H](O)[C@H](O)[C@H]3O[C@H]3O[C@H](CO)[C@@H](O)[C@H](O)[C@H]3O)O[C@@H]2CO[C@@H]2O[C@@H](C)[C@H](O)[C@@H](O)[C@H]2O)O[C@@H](C)[C@H](O)[C@H]1O)O[C@@H]1O[C@H](CO)[C@@H](O)[C@H](O)[C@H]1O[C@@H]1O[C@H](CO)[C@@H](O)[C@H](O)[C@H]1O. The number of carbonyl (C=O) groups is 1. The first-order valence-corrected chi connectivity index (χ1v) is 40.8. The van der Waals surface area contributed by atoms with Crippen molar-refractivity contribution >= 4 is 5.97 Å². The molecule has 37 nitrogen and oxygen atoms in total. The lowest BCUT2D eigenvalue weighted by Crippen LogP contribution is -2.65. The molecule has 37 atom stereocenters. The number of allylic oxidation sites excluding steroid dienone is 10. The molecule has 7 aliphatic heterocycles. The molecule has 0 spiro atoms. The van der Waals surface area contributed by atoms with Crippen molar-refractivity contribution < 1.29 is 183 Å². The average molecular weight is 1710 g/mol. The third kappa shape index (κ3) is 27.5. The maximum absolute atomic E-state index is 13.9. The highest BCUT2D eigenvalue weighted by Crippen LogP contribution is 2.39. The molecule has 37 heteroatoms. The van der Waals surface area contributed by atoms with Gasteiger partial charge < -0.3 is 178 Å². The van der Waals surface area contributed by atoms with E-state index in [-0.39, 0.29) is 12.2 Å². The molecule has 7 heterocycles. The van der Waals surface area contributed by atoms with Crippen molar-refractivity contribution in [3.8, 4) is 0 Å². The van der Waals surface area contributed by atoms with Gasteiger partial charge in [-0.15, -0.1) is 13.2 Å². The Kier molecular flexibility index (Phi) is 40.8. The van der Waals surface area contributed by atoms with Gasteiger partial charge >= 0.3 is 5.97 Å². The quantitative estimate of drug-likeness (QED) is 0.0172. The molecule has 0 unspecified atom stereocenters. The van der Waals surface area contributed by atoms with E-state index in [4.69, 9.17) is 71.1 Å². The minimum Gasteiger partial charge on any atom is -0.451 e. The summed E-state index contributed by atoms with van der Waals surface area (Å²) in [4.78, 5) is 13.9. The Morgan fingerprint density at radius 3 is 1.07 bits per heavy atom. The summed E-state index contributed by atoms with van der Waals surface area (Å²) in [6.07, 6.45) is -34.8. The minimum atomic E-state index is -1.88. The van der Waals surface area contributed by atoms with Crippen molar-refractivity contribution in [3.63, 3.8) is 0 Å². The first kappa shape index (κ1) is 102. The largest absolute Gasteiger partial charge is 0.451 e. The van der Waals surface area contributed by atoms with Gasteiger partial charge in [-0.2, -0.15) is 0 Å². The van der Waals surface area contributed by atoms with Crippen molar-refractivity contribution in [2.24, 2.45) is 0 Å². The van der Waals surface area contributed by atoms with E-state index in [9.17, 15) is 112 Å².